The minimum absolute atomic E-state index is 0.638. The SMILES string of the molecule is CC(C)CC1CCCC(NCC2(CC(C)C)CCCC2)C1. The van der Waals surface area contributed by atoms with Gasteiger partial charge in [-0.2, -0.15) is 0 Å². The highest BCUT2D eigenvalue weighted by atomic mass is 14.9. The monoisotopic (exact) mass is 293 g/mol. The largest absolute Gasteiger partial charge is 0.313 e. The second kappa shape index (κ2) is 7.99. The number of rotatable bonds is 7. The summed E-state index contributed by atoms with van der Waals surface area (Å²) >= 11 is 0. The van der Waals surface area contributed by atoms with Crippen molar-refractivity contribution >= 4 is 0 Å². The zero-order valence-electron chi connectivity index (χ0n) is 15.1. The minimum atomic E-state index is 0.638. The molecule has 0 aromatic carbocycles. The normalized spacial score (nSPS) is 29.4. The summed E-state index contributed by atoms with van der Waals surface area (Å²) in [6, 6.07) is 0.812. The van der Waals surface area contributed by atoms with Crippen LogP contribution in [0.3, 0.4) is 0 Å². The van der Waals surface area contributed by atoms with Crippen LogP contribution in [-0.4, -0.2) is 12.6 Å². The lowest BCUT2D eigenvalue weighted by atomic mass is 9.77. The van der Waals surface area contributed by atoms with E-state index in [1.165, 1.54) is 70.8 Å². The quantitative estimate of drug-likeness (QED) is 0.626. The summed E-state index contributed by atoms with van der Waals surface area (Å²) in [6.45, 7) is 10.9. The van der Waals surface area contributed by atoms with Gasteiger partial charge >= 0.3 is 0 Å². The third-order valence-electron chi connectivity index (χ3n) is 5.86. The lowest BCUT2D eigenvalue weighted by molar-refractivity contribution is 0.188. The first-order valence-electron chi connectivity index (χ1n) is 9.72. The van der Waals surface area contributed by atoms with Gasteiger partial charge in [-0.15, -0.1) is 0 Å². The van der Waals surface area contributed by atoms with E-state index in [2.05, 4.69) is 33.0 Å². The van der Waals surface area contributed by atoms with E-state index in [4.69, 9.17) is 0 Å². The van der Waals surface area contributed by atoms with Crippen LogP contribution in [0, 0.1) is 23.2 Å². The first-order chi connectivity index (χ1) is 9.99. The molecule has 2 rings (SSSR count). The van der Waals surface area contributed by atoms with Crippen molar-refractivity contribution in [3.63, 3.8) is 0 Å². The Morgan fingerprint density at radius 1 is 0.952 bits per heavy atom. The highest BCUT2D eigenvalue weighted by Crippen LogP contribution is 2.43. The van der Waals surface area contributed by atoms with Crippen LogP contribution in [0.4, 0.5) is 0 Å². The molecule has 2 fully saturated rings. The third kappa shape index (κ3) is 5.58. The molecule has 0 bridgehead atoms. The van der Waals surface area contributed by atoms with E-state index >= 15 is 0 Å². The second-order valence-electron chi connectivity index (χ2n) is 9.05. The van der Waals surface area contributed by atoms with Gasteiger partial charge in [0.05, 0.1) is 0 Å². The summed E-state index contributed by atoms with van der Waals surface area (Å²) < 4.78 is 0. The Morgan fingerprint density at radius 3 is 2.29 bits per heavy atom. The number of nitrogens with one attached hydrogen (secondary N) is 1. The van der Waals surface area contributed by atoms with E-state index in [0.717, 1.165) is 23.8 Å². The van der Waals surface area contributed by atoms with E-state index in [-0.39, 0.29) is 0 Å². The highest BCUT2D eigenvalue weighted by Gasteiger charge is 2.35. The Morgan fingerprint density at radius 2 is 1.67 bits per heavy atom. The smallest absolute Gasteiger partial charge is 0.00699 e. The number of hydrogen-bond donors (Lipinski definition) is 1. The van der Waals surface area contributed by atoms with Gasteiger partial charge in [-0.05, 0) is 61.7 Å². The molecule has 2 unspecified atom stereocenters. The van der Waals surface area contributed by atoms with E-state index in [0.29, 0.717) is 5.41 Å². The van der Waals surface area contributed by atoms with Crippen LogP contribution in [0.25, 0.3) is 0 Å². The van der Waals surface area contributed by atoms with Gasteiger partial charge in [0.1, 0.15) is 0 Å². The third-order valence-corrected chi connectivity index (χ3v) is 5.86. The maximum atomic E-state index is 4.01. The first kappa shape index (κ1) is 17.3. The van der Waals surface area contributed by atoms with E-state index in [1.807, 2.05) is 0 Å². The van der Waals surface area contributed by atoms with Crippen LogP contribution >= 0.6 is 0 Å². The molecule has 0 amide bonds. The van der Waals surface area contributed by atoms with Crippen molar-refractivity contribution in [3.8, 4) is 0 Å². The Kier molecular flexibility index (Phi) is 6.59. The van der Waals surface area contributed by atoms with Crippen LogP contribution in [0.1, 0.15) is 91.9 Å². The average Bonchev–Trinajstić information content (AvgIpc) is 2.84. The maximum absolute atomic E-state index is 4.01. The van der Waals surface area contributed by atoms with Crippen molar-refractivity contribution in [3.05, 3.63) is 0 Å². The van der Waals surface area contributed by atoms with Crippen LogP contribution in [0.2, 0.25) is 0 Å². The van der Waals surface area contributed by atoms with Gasteiger partial charge in [0.25, 0.3) is 0 Å². The molecule has 1 nitrogen and oxygen atoms in total. The fraction of sp³-hybridized carbons (Fsp3) is 1.00. The van der Waals surface area contributed by atoms with Crippen LogP contribution in [0.15, 0.2) is 0 Å². The second-order valence-corrected chi connectivity index (χ2v) is 9.05. The molecule has 21 heavy (non-hydrogen) atoms. The molecule has 1 heteroatoms. The van der Waals surface area contributed by atoms with Crippen molar-refractivity contribution in [2.45, 2.75) is 97.9 Å². The molecule has 1 N–H and O–H groups in total. The van der Waals surface area contributed by atoms with E-state index in [9.17, 15) is 0 Å². The molecular weight excluding hydrogens is 254 g/mol. The maximum Gasteiger partial charge on any atom is 0.00699 e. The molecule has 2 aliphatic rings. The molecule has 0 aliphatic heterocycles. The van der Waals surface area contributed by atoms with Gasteiger partial charge in [0, 0.05) is 12.6 Å². The molecule has 124 valence electrons. The lowest BCUT2D eigenvalue weighted by Gasteiger charge is -2.36. The summed E-state index contributed by atoms with van der Waals surface area (Å²) in [4.78, 5) is 0. The first-order valence-corrected chi connectivity index (χ1v) is 9.72. The van der Waals surface area contributed by atoms with Gasteiger partial charge in [-0.25, -0.2) is 0 Å². The minimum Gasteiger partial charge on any atom is -0.313 e. The Balaban J connectivity index is 1.80. The molecule has 0 saturated heterocycles. The topological polar surface area (TPSA) is 12.0 Å². The van der Waals surface area contributed by atoms with Gasteiger partial charge in [0.15, 0.2) is 0 Å². The van der Waals surface area contributed by atoms with Crippen molar-refractivity contribution in [2.75, 3.05) is 6.54 Å². The van der Waals surface area contributed by atoms with Crippen LogP contribution in [0.5, 0.6) is 0 Å². The zero-order valence-corrected chi connectivity index (χ0v) is 15.1. The Labute approximate surface area is 133 Å². The molecule has 2 saturated carbocycles. The van der Waals surface area contributed by atoms with E-state index in [1.54, 1.807) is 0 Å². The van der Waals surface area contributed by atoms with Crippen LogP contribution < -0.4 is 5.32 Å². The highest BCUT2D eigenvalue weighted by molar-refractivity contribution is 4.89. The van der Waals surface area contributed by atoms with Crippen molar-refractivity contribution < 1.29 is 0 Å². The molecule has 0 heterocycles. The predicted molar refractivity (Wildman–Crippen MR) is 93.6 cm³/mol. The molecule has 2 aliphatic carbocycles. The Bertz CT molecular complexity index is 288. The van der Waals surface area contributed by atoms with Crippen molar-refractivity contribution in [1.29, 1.82) is 0 Å². The van der Waals surface area contributed by atoms with E-state index < -0.39 is 0 Å². The summed E-state index contributed by atoms with van der Waals surface area (Å²) in [7, 11) is 0. The van der Waals surface area contributed by atoms with Crippen molar-refractivity contribution in [1.82, 2.24) is 5.32 Å². The molecular formula is C20H39N. The van der Waals surface area contributed by atoms with Gasteiger partial charge in [-0.1, -0.05) is 53.4 Å². The fourth-order valence-electron chi connectivity index (χ4n) is 5.16. The summed E-state index contributed by atoms with van der Waals surface area (Å²) in [6.07, 6.45) is 14.5. The van der Waals surface area contributed by atoms with Gasteiger partial charge in [0.2, 0.25) is 0 Å². The summed E-state index contributed by atoms with van der Waals surface area (Å²) in [5.41, 5.74) is 0.638. The molecule has 0 spiro atoms. The Hall–Kier alpha value is -0.0400. The standard InChI is InChI=1S/C20H39N/c1-16(2)12-18-8-7-9-19(13-18)21-15-20(14-17(3)4)10-5-6-11-20/h16-19,21H,5-15H2,1-4H3. The fourth-order valence-corrected chi connectivity index (χ4v) is 5.16. The van der Waals surface area contributed by atoms with Crippen molar-refractivity contribution in [2.24, 2.45) is 23.2 Å². The van der Waals surface area contributed by atoms with Gasteiger partial charge in [-0.3, -0.25) is 0 Å². The lowest BCUT2D eigenvalue weighted by Crippen LogP contribution is -2.41. The van der Waals surface area contributed by atoms with Gasteiger partial charge < -0.3 is 5.32 Å². The van der Waals surface area contributed by atoms with Crippen LogP contribution in [-0.2, 0) is 0 Å². The molecule has 2 atom stereocenters. The molecule has 0 aromatic rings. The number of hydrogen-bond acceptors (Lipinski definition) is 1. The predicted octanol–water partition coefficient (Wildman–Crippen LogP) is 5.79. The average molecular weight is 294 g/mol. The molecule has 0 radical (unpaired) electrons. The summed E-state index contributed by atoms with van der Waals surface area (Å²) in [5, 5.41) is 4.01. The summed E-state index contributed by atoms with van der Waals surface area (Å²) in [5.74, 6) is 2.71. The molecule has 0 aromatic heterocycles. The zero-order chi connectivity index (χ0) is 15.3.